The molecule has 0 aliphatic heterocycles. The second-order valence-electron chi connectivity index (χ2n) is 7.14. The lowest BCUT2D eigenvalue weighted by atomic mass is 10.1. The summed E-state index contributed by atoms with van der Waals surface area (Å²) in [5.74, 6) is 0.387. The minimum Gasteiger partial charge on any atom is -0.319 e. The summed E-state index contributed by atoms with van der Waals surface area (Å²) in [5.41, 5.74) is 3.29. The fourth-order valence-corrected chi connectivity index (χ4v) is 3.02. The maximum atomic E-state index is 12.9. The minimum absolute atomic E-state index is 0.113. The Hall–Kier alpha value is -2.73. The van der Waals surface area contributed by atoms with E-state index in [4.69, 9.17) is 4.98 Å². The first-order chi connectivity index (χ1) is 12.6. The number of nitrogens with one attached hydrogen (secondary N) is 1. The Morgan fingerprint density at radius 2 is 2.12 bits per heavy atom. The molecule has 0 bridgehead atoms. The summed E-state index contributed by atoms with van der Waals surface area (Å²) < 4.78 is 1.84. The molecule has 2 heterocycles. The van der Waals surface area contributed by atoms with Crippen LogP contribution in [0.25, 0.3) is 10.9 Å². The van der Waals surface area contributed by atoms with Crippen molar-refractivity contribution in [3.05, 3.63) is 54.0 Å². The summed E-state index contributed by atoms with van der Waals surface area (Å²) in [5, 5.41) is 8.18. The molecule has 134 valence electrons. The summed E-state index contributed by atoms with van der Waals surface area (Å²) in [4.78, 5) is 19.7. The number of benzene rings is 1. The Morgan fingerprint density at radius 3 is 2.88 bits per heavy atom. The number of carbonyl (C=O) groups is 1. The van der Waals surface area contributed by atoms with Crippen molar-refractivity contribution in [1.29, 1.82) is 0 Å². The zero-order valence-corrected chi connectivity index (χ0v) is 15.1. The molecule has 26 heavy (non-hydrogen) atoms. The molecule has 1 aliphatic rings. The molecular formula is C20H23N5O. The molecule has 3 aromatic rings. The van der Waals surface area contributed by atoms with Crippen LogP contribution in [-0.4, -0.2) is 46.2 Å². The van der Waals surface area contributed by atoms with Crippen LogP contribution in [0.4, 0.5) is 5.69 Å². The molecule has 0 saturated heterocycles. The van der Waals surface area contributed by atoms with E-state index in [2.05, 4.69) is 15.3 Å². The number of pyridine rings is 1. The van der Waals surface area contributed by atoms with E-state index in [0.29, 0.717) is 17.2 Å². The zero-order valence-electron chi connectivity index (χ0n) is 15.1. The van der Waals surface area contributed by atoms with Gasteiger partial charge in [0.05, 0.1) is 29.5 Å². The molecule has 0 spiro atoms. The van der Waals surface area contributed by atoms with Gasteiger partial charge in [0.25, 0.3) is 5.91 Å². The smallest absolute Gasteiger partial charge is 0.256 e. The van der Waals surface area contributed by atoms with Crippen LogP contribution >= 0.6 is 0 Å². The third-order valence-electron chi connectivity index (χ3n) is 4.64. The Morgan fingerprint density at radius 1 is 1.31 bits per heavy atom. The number of likely N-dealkylation sites (N-methyl/N-ethyl adjacent to an activating group) is 1. The lowest BCUT2D eigenvalue weighted by Gasteiger charge is -2.10. The van der Waals surface area contributed by atoms with Crippen LogP contribution in [0, 0.1) is 0 Å². The molecule has 1 fully saturated rings. The Labute approximate surface area is 152 Å². The molecule has 0 radical (unpaired) electrons. The normalized spacial score (nSPS) is 14.1. The summed E-state index contributed by atoms with van der Waals surface area (Å²) >= 11 is 0. The van der Waals surface area contributed by atoms with Gasteiger partial charge in [-0.25, -0.2) is 0 Å². The molecule has 1 amide bonds. The van der Waals surface area contributed by atoms with Crippen molar-refractivity contribution in [1.82, 2.24) is 19.7 Å². The van der Waals surface area contributed by atoms with Gasteiger partial charge in [0.15, 0.2) is 0 Å². The average Bonchev–Trinajstić information content (AvgIpc) is 3.39. The van der Waals surface area contributed by atoms with E-state index in [1.807, 2.05) is 55.3 Å². The number of rotatable bonds is 6. The molecule has 1 N–H and O–H groups in total. The van der Waals surface area contributed by atoms with E-state index in [1.54, 1.807) is 6.20 Å². The lowest BCUT2D eigenvalue weighted by Crippen LogP contribution is -2.18. The van der Waals surface area contributed by atoms with Crippen LogP contribution in [-0.2, 0) is 6.54 Å². The van der Waals surface area contributed by atoms with E-state index in [0.717, 1.165) is 42.5 Å². The predicted molar refractivity (Wildman–Crippen MR) is 102 cm³/mol. The van der Waals surface area contributed by atoms with Gasteiger partial charge in [-0.15, -0.1) is 0 Å². The summed E-state index contributed by atoms with van der Waals surface area (Å²) in [6.45, 7) is 1.68. The molecule has 1 saturated carbocycles. The first kappa shape index (κ1) is 16.7. The number of carbonyl (C=O) groups excluding carboxylic acids is 1. The van der Waals surface area contributed by atoms with Crippen molar-refractivity contribution in [2.24, 2.45) is 0 Å². The third-order valence-corrected chi connectivity index (χ3v) is 4.64. The van der Waals surface area contributed by atoms with E-state index in [1.165, 1.54) is 0 Å². The quantitative estimate of drug-likeness (QED) is 0.743. The van der Waals surface area contributed by atoms with Gasteiger partial charge in [-0.3, -0.25) is 14.5 Å². The van der Waals surface area contributed by atoms with E-state index in [9.17, 15) is 4.79 Å². The molecule has 4 rings (SSSR count). The summed E-state index contributed by atoms with van der Waals surface area (Å²) in [7, 11) is 4.05. The van der Waals surface area contributed by atoms with Crippen LogP contribution in [0.15, 0.2) is 42.7 Å². The van der Waals surface area contributed by atoms with Gasteiger partial charge in [0.1, 0.15) is 0 Å². The highest BCUT2D eigenvalue weighted by molar-refractivity contribution is 6.12. The van der Waals surface area contributed by atoms with E-state index < -0.39 is 0 Å². The predicted octanol–water partition coefficient (Wildman–Crippen LogP) is 3.12. The number of fused-ring (bicyclic) bond motifs is 1. The third kappa shape index (κ3) is 3.60. The fourth-order valence-electron chi connectivity index (χ4n) is 3.02. The molecule has 1 aromatic carbocycles. The Balaban J connectivity index is 1.58. The van der Waals surface area contributed by atoms with E-state index >= 15 is 0 Å². The van der Waals surface area contributed by atoms with Gasteiger partial charge in [-0.1, -0.05) is 18.2 Å². The molecular weight excluding hydrogens is 326 g/mol. The standard InChI is InChI=1S/C20H23N5O/c1-24(2)9-10-25-13-15(12-21-25)22-20(26)17-11-19(14-7-8-14)23-18-6-4-3-5-16(17)18/h3-6,11-14H,7-10H2,1-2H3,(H,22,26). The van der Waals surface area contributed by atoms with Crippen LogP contribution in [0.5, 0.6) is 0 Å². The first-order valence-electron chi connectivity index (χ1n) is 8.98. The van der Waals surface area contributed by atoms with E-state index in [-0.39, 0.29) is 5.91 Å². The number of para-hydroxylation sites is 1. The second kappa shape index (κ2) is 6.88. The van der Waals surface area contributed by atoms with Crippen LogP contribution in [0.2, 0.25) is 0 Å². The molecule has 0 atom stereocenters. The number of anilines is 1. The Kier molecular flexibility index (Phi) is 4.42. The number of hydrogen-bond donors (Lipinski definition) is 1. The van der Waals surface area contributed by atoms with Crippen LogP contribution in [0.3, 0.4) is 0 Å². The van der Waals surface area contributed by atoms with Crippen LogP contribution in [0.1, 0.15) is 34.8 Å². The van der Waals surface area contributed by atoms with Gasteiger partial charge >= 0.3 is 0 Å². The topological polar surface area (TPSA) is 63.0 Å². The fraction of sp³-hybridized carbons (Fsp3) is 0.350. The highest BCUT2D eigenvalue weighted by atomic mass is 16.1. The molecule has 1 aliphatic carbocycles. The molecule has 6 heteroatoms. The number of amides is 1. The van der Waals surface area contributed by atoms with Crippen molar-refractivity contribution >= 4 is 22.5 Å². The van der Waals surface area contributed by atoms with Gasteiger partial charge in [-0.05, 0) is 39.1 Å². The van der Waals surface area contributed by atoms with Gasteiger partial charge in [0, 0.05) is 29.7 Å². The zero-order chi connectivity index (χ0) is 18.1. The summed E-state index contributed by atoms with van der Waals surface area (Å²) in [6, 6.07) is 9.77. The van der Waals surface area contributed by atoms with Gasteiger partial charge in [0.2, 0.25) is 0 Å². The summed E-state index contributed by atoms with van der Waals surface area (Å²) in [6.07, 6.45) is 5.88. The lowest BCUT2D eigenvalue weighted by molar-refractivity contribution is 0.102. The number of hydrogen-bond acceptors (Lipinski definition) is 4. The highest BCUT2D eigenvalue weighted by Crippen LogP contribution is 2.40. The van der Waals surface area contributed by atoms with Crippen molar-refractivity contribution < 1.29 is 4.79 Å². The highest BCUT2D eigenvalue weighted by Gasteiger charge is 2.27. The van der Waals surface area contributed by atoms with Crippen molar-refractivity contribution in [3.63, 3.8) is 0 Å². The molecule has 0 unspecified atom stereocenters. The maximum Gasteiger partial charge on any atom is 0.256 e. The van der Waals surface area contributed by atoms with Crippen LogP contribution < -0.4 is 5.32 Å². The van der Waals surface area contributed by atoms with Gasteiger partial charge in [-0.2, -0.15) is 5.10 Å². The Bertz CT molecular complexity index is 942. The van der Waals surface area contributed by atoms with Crippen molar-refractivity contribution in [2.45, 2.75) is 25.3 Å². The largest absolute Gasteiger partial charge is 0.319 e. The SMILES string of the molecule is CN(C)CCn1cc(NC(=O)c2cc(C3CC3)nc3ccccc23)cn1. The van der Waals surface area contributed by atoms with Crippen molar-refractivity contribution in [2.75, 3.05) is 26.0 Å². The molecule has 6 nitrogen and oxygen atoms in total. The van der Waals surface area contributed by atoms with Gasteiger partial charge < -0.3 is 10.2 Å². The first-order valence-corrected chi connectivity index (χ1v) is 8.98. The number of nitrogens with zero attached hydrogens (tertiary/aromatic N) is 4. The average molecular weight is 349 g/mol. The minimum atomic E-state index is -0.113. The maximum absolute atomic E-state index is 12.9. The molecule has 2 aromatic heterocycles. The second-order valence-corrected chi connectivity index (χ2v) is 7.14. The number of aromatic nitrogens is 3. The monoisotopic (exact) mass is 349 g/mol. The van der Waals surface area contributed by atoms with Crippen molar-refractivity contribution in [3.8, 4) is 0 Å².